The van der Waals surface area contributed by atoms with Gasteiger partial charge >= 0.3 is 0 Å². The molecular weight excluding hydrogens is 410 g/mol. The second kappa shape index (κ2) is 6.13. The van der Waals surface area contributed by atoms with E-state index in [2.05, 4.69) is 51.2 Å². The summed E-state index contributed by atoms with van der Waals surface area (Å²) in [4.78, 5) is 3.88. The second-order valence-electron chi connectivity index (χ2n) is 9.67. The molecule has 3 heteroatoms. The van der Waals surface area contributed by atoms with E-state index in [9.17, 15) is 5.11 Å². The Balaban J connectivity index is 1.52. The lowest BCUT2D eigenvalue weighted by Gasteiger charge is -2.57. The molecule has 7 rings (SSSR count). The van der Waals surface area contributed by atoms with Gasteiger partial charge in [0.05, 0.1) is 0 Å². The Morgan fingerprint density at radius 1 is 0.964 bits per heavy atom. The summed E-state index contributed by atoms with van der Waals surface area (Å²) >= 11 is 3.58. The molecule has 4 aliphatic rings. The first-order valence-electron chi connectivity index (χ1n) is 10.7. The molecule has 4 aliphatic carbocycles. The van der Waals surface area contributed by atoms with Crippen molar-refractivity contribution < 1.29 is 5.11 Å². The molecule has 2 aromatic carbocycles. The molecule has 0 saturated heterocycles. The number of aromatic nitrogens is 1. The van der Waals surface area contributed by atoms with Crippen molar-refractivity contribution >= 4 is 26.8 Å². The Hall–Kier alpha value is -1.74. The zero-order valence-corrected chi connectivity index (χ0v) is 17.6. The third-order valence-electron chi connectivity index (χ3n) is 7.79. The number of fused-ring (bicyclic) bond motifs is 1. The molecule has 4 saturated carbocycles. The van der Waals surface area contributed by atoms with Crippen LogP contribution in [0.15, 0.2) is 46.9 Å². The monoisotopic (exact) mass is 435 g/mol. The maximum Gasteiger partial charge on any atom is 0.119 e. The zero-order chi connectivity index (χ0) is 18.9. The van der Waals surface area contributed by atoms with Gasteiger partial charge in [0.15, 0.2) is 0 Å². The van der Waals surface area contributed by atoms with E-state index in [-0.39, 0.29) is 0 Å². The molecule has 0 atom stereocenters. The zero-order valence-electron chi connectivity index (χ0n) is 16.0. The SMILES string of the molecule is Oc1ccc(Br)cc1Cc1c(C23CC4CC(CC(C4)C2)C3)[nH]c2ccccc12. The minimum absolute atomic E-state index is 0.324. The van der Waals surface area contributed by atoms with Crippen molar-refractivity contribution in [2.45, 2.75) is 50.4 Å². The highest BCUT2D eigenvalue weighted by molar-refractivity contribution is 9.10. The summed E-state index contributed by atoms with van der Waals surface area (Å²) in [5.74, 6) is 3.16. The lowest BCUT2D eigenvalue weighted by molar-refractivity contribution is -0.00722. The smallest absolute Gasteiger partial charge is 0.119 e. The van der Waals surface area contributed by atoms with Gasteiger partial charge in [-0.2, -0.15) is 0 Å². The second-order valence-corrected chi connectivity index (χ2v) is 10.6. The first-order chi connectivity index (χ1) is 13.6. The molecule has 3 aromatic rings. The van der Waals surface area contributed by atoms with Crippen LogP contribution in [0.25, 0.3) is 10.9 Å². The van der Waals surface area contributed by atoms with Gasteiger partial charge in [-0.3, -0.25) is 0 Å². The van der Waals surface area contributed by atoms with Crippen LogP contribution in [0.3, 0.4) is 0 Å². The number of rotatable bonds is 3. The van der Waals surface area contributed by atoms with Crippen molar-refractivity contribution in [3.8, 4) is 5.75 Å². The fraction of sp³-hybridized carbons (Fsp3) is 0.440. The highest BCUT2D eigenvalue weighted by Gasteiger charge is 2.53. The van der Waals surface area contributed by atoms with Gasteiger partial charge in [-0.25, -0.2) is 0 Å². The molecule has 1 aromatic heterocycles. The quantitative estimate of drug-likeness (QED) is 0.471. The number of aromatic amines is 1. The largest absolute Gasteiger partial charge is 0.508 e. The van der Waals surface area contributed by atoms with E-state index in [1.165, 1.54) is 60.7 Å². The van der Waals surface area contributed by atoms with Crippen LogP contribution in [-0.4, -0.2) is 10.1 Å². The van der Waals surface area contributed by atoms with Crippen molar-refractivity contribution in [1.29, 1.82) is 0 Å². The number of para-hydroxylation sites is 1. The number of hydrogen-bond donors (Lipinski definition) is 2. The third-order valence-corrected chi connectivity index (χ3v) is 8.28. The third kappa shape index (κ3) is 2.58. The van der Waals surface area contributed by atoms with Crippen molar-refractivity contribution in [3.63, 3.8) is 0 Å². The van der Waals surface area contributed by atoms with Crippen molar-refractivity contribution in [1.82, 2.24) is 4.98 Å². The Labute approximate surface area is 174 Å². The predicted octanol–water partition coefficient (Wildman–Crippen LogP) is 6.69. The molecule has 2 N–H and O–H groups in total. The number of aromatic hydroxyl groups is 1. The number of H-pyrrole nitrogens is 1. The predicted molar refractivity (Wildman–Crippen MR) is 117 cm³/mol. The highest BCUT2D eigenvalue weighted by Crippen LogP contribution is 2.61. The van der Waals surface area contributed by atoms with E-state index in [1.807, 2.05) is 6.07 Å². The molecule has 0 aliphatic heterocycles. The number of phenols is 1. The lowest BCUT2D eigenvalue weighted by Crippen LogP contribution is -2.49. The number of nitrogens with one attached hydrogen (secondary N) is 1. The molecule has 4 bridgehead atoms. The Morgan fingerprint density at radius 2 is 1.64 bits per heavy atom. The van der Waals surface area contributed by atoms with Gasteiger partial charge < -0.3 is 10.1 Å². The summed E-state index contributed by atoms with van der Waals surface area (Å²) in [6.45, 7) is 0. The Kier molecular flexibility index (Phi) is 3.75. The van der Waals surface area contributed by atoms with Crippen molar-refractivity contribution in [3.05, 3.63) is 63.8 Å². The normalized spacial score (nSPS) is 31.0. The van der Waals surface area contributed by atoms with Gasteiger partial charge in [-0.05, 0) is 91.7 Å². The van der Waals surface area contributed by atoms with Crippen LogP contribution in [0.2, 0.25) is 0 Å². The lowest BCUT2D eigenvalue weighted by atomic mass is 9.48. The number of halogens is 1. The standard InChI is InChI=1S/C25H26BrNO/c26-19-5-6-23(28)18(10-19)11-21-20-3-1-2-4-22(20)27-24(21)25-12-15-7-16(13-25)9-17(8-15)14-25/h1-6,10,15-17,27-28H,7-9,11-14H2. The fourth-order valence-electron chi connectivity index (χ4n) is 7.14. The van der Waals surface area contributed by atoms with Crippen LogP contribution in [0, 0.1) is 17.8 Å². The number of phenolic OH excluding ortho intramolecular Hbond substituents is 1. The molecule has 0 spiro atoms. The van der Waals surface area contributed by atoms with E-state index in [0.717, 1.165) is 34.2 Å². The Bertz CT molecular complexity index is 1030. The molecule has 0 radical (unpaired) electrons. The van der Waals surface area contributed by atoms with Crippen LogP contribution >= 0.6 is 15.9 Å². The van der Waals surface area contributed by atoms with Crippen molar-refractivity contribution in [2.24, 2.45) is 17.8 Å². The molecule has 2 nitrogen and oxygen atoms in total. The molecular formula is C25H26BrNO. The van der Waals surface area contributed by atoms with Gasteiger partial charge in [0, 0.05) is 32.9 Å². The first-order valence-corrected chi connectivity index (χ1v) is 11.5. The highest BCUT2D eigenvalue weighted by atomic mass is 79.9. The average molecular weight is 436 g/mol. The molecule has 28 heavy (non-hydrogen) atoms. The molecule has 0 amide bonds. The minimum atomic E-state index is 0.324. The van der Waals surface area contributed by atoms with Gasteiger partial charge in [0.2, 0.25) is 0 Å². The Morgan fingerprint density at radius 3 is 2.36 bits per heavy atom. The molecule has 1 heterocycles. The minimum Gasteiger partial charge on any atom is -0.508 e. The summed E-state index contributed by atoms with van der Waals surface area (Å²) < 4.78 is 1.02. The van der Waals surface area contributed by atoms with E-state index in [1.54, 1.807) is 6.07 Å². The average Bonchev–Trinajstić information content (AvgIpc) is 3.03. The van der Waals surface area contributed by atoms with Gasteiger partial charge in [0.25, 0.3) is 0 Å². The summed E-state index contributed by atoms with van der Waals surface area (Å²) in [6.07, 6.45) is 9.21. The topological polar surface area (TPSA) is 36.0 Å². The van der Waals surface area contributed by atoms with Crippen LogP contribution < -0.4 is 0 Å². The van der Waals surface area contributed by atoms with E-state index >= 15 is 0 Å². The van der Waals surface area contributed by atoms with Crippen LogP contribution in [0.5, 0.6) is 5.75 Å². The molecule has 144 valence electrons. The molecule has 0 unspecified atom stereocenters. The van der Waals surface area contributed by atoms with Crippen LogP contribution in [0.1, 0.15) is 55.3 Å². The van der Waals surface area contributed by atoms with Gasteiger partial charge in [-0.1, -0.05) is 34.1 Å². The summed E-state index contributed by atoms with van der Waals surface area (Å²) in [5, 5.41) is 11.8. The number of benzene rings is 2. The summed E-state index contributed by atoms with van der Waals surface area (Å²) in [7, 11) is 0. The van der Waals surface area contributed by atoms with Crippen LogP contribution in [-0.2, 0) is 11.8 Å². The van der Waals surface area contributed by atoms with E-state index in [0.29, 0.717) is 11.2 Å². The first kappa shape index (κ1) is 17.1. The van der Waals surface area contributed by atoms with E-state index in [4.69, 9.17) is 0 Å². The maximum absolute atomic E-state index is 10.5. The fourth-order valence-corrected chi connectivity index (χ4v) is 7.55. The van der Waals surface area contributed by atoms with Crippen LogP contribution in [0.4, 0.5) is 0 Å². The van der Waals surface area contributed by atoms with E-state index < -0.39 is 0 Å². The molecule has 4 fully saturated rings. The van der Waals surface area contributed by atoms with Gasteiger partial charge in [0.1, 0.15) is 5.75 Å². The van der Waals surface area contributed by atoms with Crippen molar-refractivity contribution in [2.75, 3.05) is 0 Å². The number of hydrogen-bond acceptors (Lipinski definition) is 1. The summed E-state index contributed by atoms with van der Waals surface area (Å²) in [6, 6.07) is 14.5. The van der Waals surface area contributed by atoms with Gasteiger partial charge in [-0.15, -0.1) is 0 Å². The summed E-state index contributed by atoms with van der Waals surface area (Å²) in [5.41, 5.74) is 5.46. The maximum atomic E-state index is 10.5.